The molecule has 2 aromatic rings. The molecule has 2 rings (SSSR count). The molecule has 1 N–H and O–H groups in total. The Bertz CT molecular complexity index is 602. The summed E-state index contributed by atoms with van der Waals surface area (Å²) in [6.45, 7) is 0.370. The molecule has 21 heavy (non-hydrogen) atoms. The quantitative estimate of drug-likeness (QED) is 0.892. The Morgan fingerprint density at radius 2 is 1.95 bits per heavy atom. The highest BCUT2D eigenvalue weighted by molar-refractivity contribution is 6.32. The molecule has 0 radical (unpaired) electrons. The summed E-state index contributed by atoms with van der Waals surface area (Å²) in [5, 5.41) is 3.29. The lowest BCUT2D eigenvalue weighted by molar-refractivity contribution is -0.123. The summed E-state index contributed by atoms with van der Waals surface area (Å²) < 4.78 is 10.4. The molecule has 4 nitrogen and oxygen atoms in total. The van der Waals surface area contributed by atoms with Gasteiger partial charge in [0.2, 0.25) is 0 Å². The first-order valence-electron chi connectivity index (χ1n) is 6.46. The molecule has 0 aliphatic rings. The van der Waals surface area contributed by atoms with Gasteiger partial charge in [-0.25, -0.2) is 0 Å². The largest absolute Gasteiger partial charge is 0.495 e. The van der Waals surface area contributed by atoms with Gasteiger partial charge in [0.15, 0.2) is 6.61 Å². The fraction of sp³-hybridized carbons (Fsp3) is 0.188. The van der Waals surface area contributed by atoms with E-state index in [9.17, 15) is 4.79 Å². The number of nitrogens with one attached hydrogen (secondary N) is 1. The van der Waals surface area contributed by atoms with Crippen molar-refractivity contribution in [2.24, 2.45) is 0 Å². The number of amides is 1. The molecule has 2 aromatic carbocycles. The van der Waals surface area contributed by atoms with E-state index in [0.29, 0.717) is 23.1 Å². The van der Waals surface area contributed by atoms with Gasteiger partial charge in [-0.1, -0.05) is 35.9 Å². The molecule has 0 spiro atoms. The van der Waals surface area contributed by atoms with E-state index in [1.54, 1.807) is 31.4 Å². The van der Waals surface area contributed by atoms with Crippen LogP contribution >= 0.6 is 11.6 Å². The number of hydrogen-bond donors (Lipinski definition) is 1. The van der Waals surface area contributed by atoms with Crippen LogP contribution in [-0.4, -0.2) is 19.6 Å². The van der Waals surface area contributed by atoms with E-state index in [0.717, 1.165) is 5.56 Å². The Labute approximate surface area is 128 Å². The Hall–Kier alpha value is -2.20. The van der Waals surface area contributed by atoms with Gasteiger partial charge in [-0.15, -0.1) is 0 Å². The maximum Gasteiger partial charge on any atom is 0.258 e. The number of carbonyl (C=O) groups is 1. The summed E-state index contributed by atoms with van der Waals surface area (Å²) >= 11 is 6.02. The second-order valence-corrected chi connectivity index (χ2v) is 4.75. The zero-order chi connectivity index (χ0) is 15.1. The van der Waals surface area contributed by atoms with E-state index >= 15 is 0 Å². The van der Waals surface area contributed by atoms with E-state index < -0.39 is 0 Å². The maximum absolute atomic E-state index is 11.7. The second-order valence-electron chi connectivity index (χ2n) is 4.35. The zero-order valence-electron chi connectivity index (χ0n) is 11.6. The normalized spacial score (nSPS) is 10.0. The average Bonchev–Trinajstić information content (AvgIpc) is 2.52. The van der Waals surface area contributed by atoms with Crippen LogP contribution in [0.15, 0.2) is 48.5 Å². The zero-order valence-corrected chi connectivity index (χ0v) is 12.4. The van der Waals surface area contributed by atoms with Crippen molar-refractivity contribution in [3.8, 4) is 11.5 Å². The van der Waals surface area contributed by atoms with Crippen molar-refractivity contribution in [3.63, 3.8) is 0 Å². The lowest BCUT2D eigenvalue weighted by Gasteiger charge is -2.09. The minimum Gasteiger partial charge on any atom is -0.495 e. The number of methoxy groups -OCH3 is 1. The van der Waals surface area contributed by atoms with Crippen LogP contribution in [-0.2, 0) is 11.3 Å². The monoisotopic (exact) mass is 305 g/mol. The van der Waals surface area contributed by atoms with Gasteiger partial charge in [-0.2, -0.15) is 0 Å². The molecular weight excluding hydrogens is 290 g/mol. The molecule has 0 atom stereocenters. The number of benzene rings is 2. The van der Waals surface area contributed by atoms with Crippen molar-refractivity contribution in [3.05, 3.63) is 59.1 Å². The van der Waals surface area contributed by atoms with Gasteiger partial charge in [0.1, 0.15) is 11.5 Å². The van der Waals surface area contributed by atoms with E-state index in [4.69, 9.17) is 21.1 Å². The average molecular weight is 306 g/mol. The minimum absolute atomic E-state index is 0.0199. The van der Waals surface area contributed by atoms with E-state index in [2.05, 4.69) is 5.32 Å². The highest BCUT2D eigenvalue weighted by Gasteiger charge is 2.05. The summed E-state index contributed by atoms with van der Waals surface area (Å²) in [5.41, 5.74) is 0.897. The molecule has 0 unspecified atom stereocenters. The van der Waals surface area contributed by atoms with Crippen molar-refractivity contribution in [2.75, 3.05) is 13.7 Å². The number of rotatable bonds is 6. The Kier molecular flexibility index (Phi) is 5.46. The summed E-state index contributed by atoms with van der Waals surface area (Å²) in [6, 6.07) is 14.6. The van der Waals surface area contributed by atoms with Crippen molar-refractivity contribution < 1.29 is 14.3 Å². The number of halogens is 1. The third-order valence-electron chi connectivity index (χ3n) is 2.82. The van der Waals surface area contributed by atoms with Crippen LogP contribution in [0.3, 0.4) is 0 Å². The molecule has 0 fully saturated rings. The molecule has 0 saturated carbocycles. The van der Waals surface area contributed by atoms with Gasteiger partial charge >= 0.3 is 0 Å². The number of para-hydroxylation sites is 1. The second kappa shape index (κ2) is 7.55. The summed E-state index contributed by atoms with van der Waals surface area (Å²) in [6.07, 6.45) is 0. The molecule has 5 heteroatoms. The molecule has 0 aromatic heterocycles. The molecule has 0 bridgehead atoms. The number of ether oxygens (including phenoxy) is 2. The number of carbonyl (C=O) groups excluding carboxylic acids is 1. The van der Waals surface area contributed by atoms with Gasteiger partial charge in [0.25, 0.3) is 5.91 Å². The summed E-state index contributed by atoms with van der Waals surface area (Å²) in [7, 11) is 1.56. The van der Waals surface area contributed by atoms with Crippen molar-refractivity contribution in [1.29, 1.82) is 0 Å². The predicted octanol–water partition coefficient (Wildman–Crippen LogP) is 3.04. The van der Waals surface area contributed by atoms with E-state index in [-0.39, 0.29) is 12.5 Å². The van der Waals surface area contributed by atoms with Gasteiger partial charge in [0.05, 0.1) is 12.1 Å². The third-order valence-corrected chi connectivity index (χ3v) is 3.11. The van der Waals surface area contributed by atoms with Gasteiger partial charge in [0, 0.05) is 6.54 Å². The SMILES string of the molecule is COc1ccc(CNC(=O)COc2ccccc2)cc1Cl. The van der Waals surface area contributed by atoms with Gasteiger partial charge in [-0.05, 0) is 29.8 Å². The van der Waals surface area contributed by atoms with E-state index in [1.165, 1.54) is 0 Å². The van der Waals surface area contributed by atoms with Crippen molar-refractivity contribution >= 4 is 17.5 Å². The summed E-state index contributed by atoms with van der Waals surface area (Å²) in [4.78, 5) is 11.7. The van der Waals surface area contributed by atoms with Crippen LogP contribution in [0.1, 0.15) is 5.56 Å². The van der Waals surface area contributed by atoms with Crippen LogP contribution in [0.25, 0.3) is 0 Å². The standard InChI is InChI=1S/C16H16ClNO3/c1-20-15-8-7-12(9-14(15)17)10-18-16(19)11-21-13-5-3-2-4-6-13/h2-9H,10-11H2,1H3,(H,18,19). The molecule has 0 heterocycles. The molecule has 0 aliphatic heterocycles. The van der Waals surface area contributed by atoms with Gasteiger partial charge < -0.3 is 14.8 Å². The first kappa shape index (κ1) is 15.2. The Morgan fingerprint density at radius 1 is 1.19 bits per heavy atom. The van der Waals surface area contributed by atoms with Crippen LogP contribution in [0, 0.1) is 0 Å². The predicted molar refractivity (Wildman–Crippen MR) is 81.8 cm³/mol. The van der Waals surface area contributed by atoms with Gasteiger partial charge in [-0.3, -0.25) is 4.79 Å². The molecule has 0 saturated heterocycles. The Balaban J connectivity index is 1.80. The lowest BCUT2D eigenvalue weighted by Crippen LogP contribution is -2.28. The summed E-state index contributed by atoms with van der Waals surface area (Å²) in [5.74, 6) is 1.09. The maximum atomic E-state index is 11.7. The highest BCUT2D eigenvalue weighted by atomic mass is 35.5. The fourth-order valence-corrected chi connectivity index (χ4v) is 2.02. The smallest absolute Gasteiger partial charge is 0.258 e. The van der Waals surface area contributed by atoms with Crippen molar-refractivity contribution in [2.45, 2.75) is 6.54 Å². The van der Waals surface area contributed by atoms with Crippen molar-refractivity contribution in [1.82, 2.24) is 5.32 Å². The van der Waals surface area contributed by atoms with E-state index in [1.807, 2.05) is 24.3 Å². The first-order valence-corrected chi connectivity index (χ1v) is 6.84. The molecule has 0 aliphatic carbocycles. The lowest BCUT2D eigenvalue weighted by atomic mass is 10.2. The molecule has 1 amide bonds. The highest BCUT2D eigenvalue weighted by Crippen LogP contribution is 2.24. The molecule has 110 valence electrons. The van der Waals surface area contributed by atoms with Crippen LogP contribution in [0.5, 0.6) is 11.5 Å². The number of hydrogen-bond acceptors (Lipinski definition) is 3. The van der Waals surface area contributed by atoms with Crippen LogP contribution in [0.2, 0.25) is 5.02 Å². The minimum atomic E-state index is -0.189. The fourth-order valence-electron chi connectivity index (χ4n) is 1.74. The van der Waals surface area contributed by atoms with Crippen LogP contribution in [0.4, 0.5) is 0 Å². The first-order chi connectivity index (χ1) is 10.2. The molecular formula is C16H16ClNO3. The topological polar surface area (TPSA) is 47.6 Å². The third kappa shape index (κ3) is 4.68. The van der Waals surface area contributed by atoms with Crippen LogP contribution < -0.4 is 14.8 Å². The Morgan fingerprint density at radius 3 is 2.62 bits per heavy atom.